The fourth-order valence-electron chi connectivity index (χ4n) is 4.75. The van der Waals surface area contributed by atoms with Gasteiger partial charge in [0.1, 0.15) is 11.0 Å². The van der Waals surface area contributed by atoms with E-state index in [4.69, 9.17) is 4.74 Å². The Bertz CT molecular complexity index is 1310. The Labute approximate surface area is 228 Å². The van der Waals surface area contributed by atoms with Crippen LogP contribution in [0.2, 0.25) is 0 Å². The fraction of sp³-hybridized carbons (Fsp3) is 0.538. The van der Waals surface area contributed by atoms with Gasteiger partial charge in [-0.15, -0.1) is 16.9 Å². The summed E-state index contributed by atoms with van der Waals surface area (Å²) in [5.74, 6) is -0.981. The van der Waals surface area contributed by atoms with Crippen molar-refractivity contribution in [3.8, 4) is 5.88 Å². The van der Waals surface area contributed by atoms with E-state index >= 15 is 0 Å². The first-order chi connectivity index (χ1) is 18.0. The van der Waals surface area contributed by atoms with E-state index in [2.05, 4.69) is 15.9 Å². The number of pyridine rings is 1. The van der Waals surface area contributed by atoms with Crippen LogP contribution in [0.15, 0.2) is 41.2 Å². The van der Waals surface area contributed by atoms with Crippen LogP contribution in [0.4, 0.5) is 0 Å². The molecule has 4 rings (SSSR count). The average Bonchev–Trinajstić information content (AvgIpc) is 3.46. The van der Waals surface area contributed by atoms with Crippen LogP contribution in [0.5, 0.6) is 5.88 Å². The molecule has 12 heteroatoms. The molecule has 3 N–H and O–H groups in total. The molecule has 0 aromatic carbocycles. The predicted molar refractivity (Wildman–Crippen MR) is 146 cm³/mol. The molecule has 2 aromatic rings. The molecule has 0 bridgehead atoms. The van der Waals surface area contributed by atoms with Crippen LogP contribution in [0.1, 0.15) is 68.2 Å². The number of hydrogen-bond donors (Lipinski definition) is 3. The largest absolute Gasteiger partial charge is 0.481 e. The predicted octanol–water partition coefficient (Wildman–Crippen LogP) is 3.97. The van der Waals surface area contributed by atoms with E-state index in [1.54, 1.807) is 31.3 Å². The van der Waals surface area contributed by atoms with Gasteiger partial charge in [-0.3, -0.25) is 9.80 Å². The maximum atomic E-state index is 13.6. The SMILES string of the molecule is CC[C@@H]1CN(Cc2cc([C@@H](CCC3=CN(CC)NN3)C(C)(C)C(=O)O)sc2C)S(=O)(=O)c2cccnc2O1. The summed E-state index contributed by atoms with van der Waals surface area (Å²) < 4.78 is 34.6. The summed E-state index contributed by atoms with van der Waals surface area (Å²) in [6.45, 7) is 10.7. The molecule has 2 atom stereocenters. The highest BCUT2D eigenvalue weighted by Crippen LogP contribution is 2.44. The number of carboxylic acids is 1. The number of hydrazine groups is 2. The third kappa shape index (κ3) is 5.68. The lowest BCUT2D eigenvalue weighted by molar-refractivity contribution is -0.148. The van der Waals surface area contributed by atoms with Gasteiger partial charge in [0.15, 0.2) is 0 Å². The molecule has 0 aliphatic carbocycles. The van der Waals surface area contributed by atoms with Gasteiger partial charge in [0.2, 0.25) is 15.9 Å². The van der Waals surface area contributed by atoms with Gasteiger partial charge in [-0.05, 0) is 70.7 Å². The first-order valence-electron chi connectivity index (χ1n) is 12.9. The van der Waals surface area contributed by atoms with Crippen molar-refractivity contribution in [3.05, 3.63) is 51.6 Å². The van der Waals surface area contributed by atoms with Crippen LogP contribution in [0.25, 0.3) is 0 Å². The van der Waals surface area contributed by atoms with E-state index in [0.29, 0.717) is 19.3 Å². The average molecular weight is 564 g/mol. The minimum atomic E-state index is -3.83. The lowest BCUT2D eigenvalue weighted by Gasteiger charge is -2.30. The Morgan fingerprint density at radius 2 is 2.13 bits per heavy atom. The van der Waals surface area contributed by atoms with Crippen molar-refractivity contribution < 1.29 is 23.1 Å². The summed E-state index contributed by atoms with van der Waals surface area (Å²) in [5.41, 5.74) is 7.09. The van der Waals surface area contributed by atoms with Gasteiger partial charge >= 0.3 is 5.97 Å². The molecule has 2 aromatic heterocycles. The van der Waals surface area contributed by atoms with Crippen molar-refractivity contribution in [1.29, 1.82) is 0 Å². The van der Waals surface area contributed by atoms with Crippen LogP contribution in [0.3, 0.4) is 0 Å². The fourth-order valence-corrected chi connectivity index (χ4v) is 7.63. The minimum Gasteiger partial charge on any atom is -0.481 e. The second-order valence-electron chi connectivity index (χ2n) is 10.3. The molecule has 4 heterocycles. The summed E-state index contributed by atoms with van der Waals surface area (Å²) >= 11 is 1.55. The maximum Gasteiger partial charge on any atom is 0.309 e. The number of allylic oxidation sites excluding steroid dienone is 1. The third-order valence-corrected chi connectivity index (χ3v) is 10.4. The summed E-state index contributed by atoms with van der Waals surface area (Å²) in [6, 6.07) is 5.12. The van der Waals surface area contributed by atoms with Gasteiger partial charge in [0, 0.05) is 46.9 Å². The zero-order chi connectivity index (χ0) is 27.7. The Morgan fingerprint density at radius 3 is 2.79 bits per heavy atom. The molecule has 0 saturated carbocycles. The summed E-state index contributed by atoms with van der Waals surface area (Å²) in [7, 11) is -3.83. The number of aryl methyl sites for hydroxylation is 1. The van der Waals surface area contributed by atoms with E-state index in [0.717, 1.165) is 27.6 Å². The lowest BCUT2D eigenvalue weighted by Crippen LogP contribution is -2.36. The number of hydrogen-bond acceptors (Lipinski definition) is 9. The smallest absolute Gasteiger partial charge is 0.309 e. The number of nitrogens with zero attached hydrogens (tertiary/aromatic N) is 3. The van der Waals surface area contributed by atoms with Crippen molar-refractivity contribution in [3.63, 3.8) is 0 Å². The van der Waals surface area contributed by atoms with Gasteiger partial charge in [-0.2, -0.15) is 4.31 Å². The van der Waals surface area contributed by atoms with Crippen molar-refractivity contribution in [2.75, 3.05) is 13.1 Å². The van der Waals surface area contributed by atoms with Gasteiger partial charge in [-0.25, -0.2) is 13.4 Å². The zero-order valence-electron chi connectivity index (χ0n) is 22.5. The molecular weight excluding hydrogens is 526 g/mol. The summed E-state index contributed by atoms with van der Waals surface area (Å²) in [4.78, 5) is 18.5. The lowest BCUT2D eigenvalue weighted by atomic mass is 9.75. The third-order valence-electron chi connectivity index (χ3n) is 7.36. The Balaban J connectivity index is 1.63. The normalized spacial score (nSPS) is 20.2. The van der Waals surface area contributed by atoms with E-state index in [1.165, 1.54) is 16.6 Å². The van der Waals surface area contributed by atoms with Crippen molar-refractivity contribution in [1.82, 2.24) is 25.3 Å². The van der Waals surface area contributed by atoms with Gasteiger partial charge in [0.25, 0.3) is 0 Å². The quantitative estimate of drug-likeness (QED) is 0.394. The van der Waals surface area contributed by atoms with Crippen molar-refractivity contribution >= 4 is 27.3 Å². The topological polar surface area (TPSA) is 124 Å². The molecule has 2 aliphatic heterocycles. The van der Waals surface area contributed by atoms with Crippen molar-refractivity contribution in [2.45, 2.75) is 77.3 Å². The molecule has 0 spiro atoms. The molecule has 0 amide bonds. The Morgan fingerprint density at radius 1 is 1.37 bits per heavy atom. The molecule has 0 radical (unpaired) electrons. The Kier molecular flexibility index (Phi) is 8.36. The molecule has 10 nitrogen and oxygen atoms in total. The van der Waals surface area contributed by atoms with Crippen LogP contribution in [0, 0.1) is 12.3 Å². The van der Waals surface area contributed by atoms with E-state index in [9.17, 15) is 18.3 Å². The van der Waals surface area contributed by atoms with Gasteiger partial charge in [-0.1, -0.05) is 6.92 Å². The second kappa shape index (κ2) is 11.2. The van der Waals surface area contributed by atoms with Gasteiger partial charge in [0.05, 0.1) is 12.0 Å². The van der Waals surface area contributed by atoms with Crippen molar-refractivity contribution in [2.24, 2.45) is 5.41 Å². The Hall–Kier alpha value is -2.67. The number of ether oxygens (including phenoxy) is 1. The maximum absolute atomic E-state index is 13.6. The molecule has 0 fully saturated rings. The van der Waals surface area contributed by atoms with Gasteiger partial charge < -0.3 is 15.3 Å². The highest BCUT2D eigenvalue weighted by molar-refractivity contribution is 7.89. The number of carbonyl (C=O) groups is 1. The number of fused-ring (bicyclic) bond motifs is 1. The van der Waals surface area contributed by atoms with E-state index < -0.39 is 21.4 Å². The highest BCUT2D eigenvalue weighted by atomic mass is 32.2. The van der Waals surface area contributed by atoms with E-state index in [1.807, 2.05) is 38.0 Å². The minimum absolute atomic E-state index is 0.0704. The second-order valence-corrected chi connectivity index (χ2v) is 13.5. The first kappa shape index (κ1) is 28.3. The number of thiophene rings is 1. The van der Waals surface area contributed by atoms with Crippen LogP contribution in [-0.2, 0) is 21.4 Å². The number of sulfonamides is 1. The molecule has 0 unspecified atom stereocenters. The number of rotatable bonds is 10. The highest BCUT2D eigenvalue weighted by Gasteiger charge is 2.40. The summed E-state index contributed by atoms with van der Waals surface area (Å²) in [5, 5.41) is 12.0. The number of aromatic nitrogens is 1. The number of nitrogens with one attached hydrogen (secondary N) is 2. The molecular formula is C26H37N5O5S2. The number of carboxylic acid groups (broad SMARTS) is 1. The standard InChI is InChI=1S/C26H37N5O5S2/c1-6-20-16-31(38(34,35)23-9-8-12-27-24(23)36-20)14-18-13-22(37-17(18)3)21(26(4,5)25(32)33)11-10-19-15-30(7-2)29-28-19/h8-9,12-13,15,20-21,28-29H,6-7,10-11,14,16H2,1-5H3,(H,32,33)/t20-,21-/m1/s1. The van der Waals surface area contributed by atoms with E-state index in [-0.39, 0.29) is 35.9 Å². The molecule has 38 heavy (non-hydrogen) atoms. The molecule has 208 valence electrons. The zero-order valence-corrected chi connectivity index (χ0v) is 24.2. The van der Waals surface area contributed by atoms with Crippen LogP contribution >= 0.6 is 11.3 Å². The monoisotopic (exact) mass is 563 g/mol. The first-order valence-corrected chi connectivity index (χ1v) is 15.2. The van der Waals surface area contributed by atoms with Crippen LogP contribution < -0.4 is 15.7 Å². The number of aliphatic carboxylic acids is 1. The summed E-state index contributed by atoms with van der Waals surface area (Å²) in [6.07, 6.45) is 5.16. The molecule has 2 aliphatic rings. The molecule has 0 saturated heterocycles. The van der Waals surface area contributed by atoms with Crippen LogP contribution in [-0.4, -0.2) is 53.0 Å².